The predicted molar refractivity (Wildman–Crippen MR) is 55.9 cm³/mol. The van der Waals surface area contributed by atoms with Gasteiger partial charge in [0.2, 0.25) is 0 Å². The molecule has 0 amide bonds. The fourth-order valence-corrected chi connectivity index (χ4v) is 1.70. The van der Waals surface area contributed by atoms with E-state index in [2.05, 4.69) is 10.2 Å². The summed E-state index contributed by atoms with van der Waals surface area (Å²) in [5.41, 5.74) is 1.47. The van der Waals surface area contributed by atoms with Gasteiger partial charge in [-0.05, 0) is 6.07 Å². The zero-order chi connectivity index (χ0) is 10.3. The molecular weight excluding hydrogens is 192 g/mol. The normalized spacial score (nSPS) is 11.0. The van der Waals surface area contributed by atoms with E-state index in [1.807, 2.05) is 18.2 Å². The summed E-state index contributed by atoms with van der Waals surface area (Å²) in [5.74, 6) is 0.726. The van der Waals surface area contributed by atoms with Gasteiger partial charge < -0.3 is 9.15 Å². The topological polar surface area (TPSA) is 48.2 Å². The first-order valence-electron chi connectivity index (χ1n) is 4.56. The van der Waals surface area contributed by atoms with Crippen LogP contribution in [0.1, 0.15) is 0 Å². The molecule has 74 valence electrons. The first-order valence-corrected chi connectivity index (χ1v) is 4.56. The van der Waals surface area contributed by atoms with E-state index in [0.717, 1.165) is 27.7 Å². The molecule has 3 aromatic rings. The van der Waals surface area contributed by atoms with Gasteiger partial charge in [0.1, 0.15) is 0 Å². The quantitative estimate of drug-likeness (QED) is 0.605. The second kappa shape index (κ2) is 2.95. The zero-order valence-corrected chi connectivity index (χ0v) is 8.10. The Morgan fingerprint density at radius 2 is 2.00 bits per heavy atom. The Hall–Kier alpha value is -2.10. The molecule has 0 spiro atoms. The number of benzene rings is 1. The molecule has 0 fully saturated rings. The molecule has 0 aliphatic carbocycles. The van der Waals surface area contributed by atoms with Gasteiger partial charge in [-0.3, -0.25) is 0 Å². The summed E-state index contributed by atoms with van der Waals surface area (Å²) >= 11 is 0. The van der Waals surface area contributed by atoms with Crippen LogP contribution in [-0.4, -0.2) is 17.3 Å². The van der Waals surface area contributed by atoms with E-state index in [1.165, 1.54) is 0 Å². The minimum atomic E-state index is 0.726. The number of nitrogens with zero attached hydrogens (tertiary/aromatic N) is 2. The SMILES string of the molecule is COc1cccc2c1oc1cnncc12. The Bertz CT molecular complexity index is 631. The molecule has 0 bridgehead atoms. The number of ether oxygens (including phenoxy) is 1. The standard InChI is InChI=1S/C11H8N2O2/c1-14-9-4-2-3-7-8-5-12-13-6-10(8)15-11(7)9/h2-6H,1H3. The lowest BCUT2D eigenvalue weighted by Crippen LogP contribution is -1.81. The van der Waals surface area contributed by atoms with Gasteiger partial charge in [0.15, 0.2) is 16.9 Å². The fourth-order valence-electron chi connectivity index (χ4n) is 1.70. The maximum absolute atomic E-state index is 5.65. The Morgan fingerprint density at radius 3 is 2.87 bits per heavy atom. The van der Waals surface area contributed by atoms with Gasteiger partial charge >= 0.3 is 0 Å². The molecule has 0 saturated heterocycles. The minimum Gasteiger partial charge on any atom is -0.493 e. The molecule has 4 nitrogen and oxygen atoms in total. The van der Waals surface area contributed by atoms with Crippen LogP contribution < -0.4 is 4.74 Å². The van der Waals surface area contributed by atoms with E-state index in [0.29, 0.717) is 0 Å². The van der Waals surface area contributed by atoms with Crippen molar-refractivity contribution in [2.45, 2.75) is 0 Å². The van der Waals surface area contributed by atoms with Crippen LogP contribution in [0.15, 0.2) is 35.0 Å². The molecule has 0 saturated carbocycles. The van der Waals surface area contributed by atoms with Gasteiger partial charge in [-0.1, -0.05) is 12.1 Å². The third-order valence-corrected chi connectivity index (χ3v) is 2.39. The predicted octanol–water partition coefficient (Wildman–Crippen LogP) is 2.38. The highest BCUT2D eigenvalue weighted by Crippen LogP contribution is 2.33. The lowest BCUT2D eigenvalue weighted by Gasteiger charge is -1.98. The molecule has 2 aromatic heterocycles. The van der Waals surface area contributed by atoms with E-state index in [4.69, 9.17) is 9.15 Å². The number of methoxy groups -OCH3 is 1. The molecule has 0 radical (unpaired) electrons. The molecule has 1 aromatic carbocycles. The van der Waals surface area contributed by atoms with Crippen molar-refractivity contribution in [1.82, 2.24) is 10.2 Å². The first kappa shape index (κ1) is 8.23. The van der Waals surface area contributed by atoms with Crippen LogP contribution >= 0.6 is 0 Å². The number of furan rings is 1. The van der Waals surface area contributed by atoms with Gasteiger partial charge in [0, 0.05) is 5.39 Å². The Labute approximate surface area is 85.5 Å². The van der Waals surface area contributed by atoms with Crippen molar-refractivity contribution in [2.24, 2.45) is 0 Å². The molecule has 2 heterocycles. The molecule has 15 heavy (non-hydrogen) atoms. The van der Waals surface area contributed by atoms with Crippen molar-refractivity contribution in [3.63, 3.8) is 0 Å². The van der Waals surface area contributed by atoms with Gasteiger partial charge in [0.25, 0.3) is 0 Å². The van der Waals surface area contributed by atoms with Crippen LogP contribution in [0, 0.1) is 0 Å². The average molecular weight is 200 g/mol. The summed E-state index contributed by atoms with van der Waals surface area (Å²) in [7, 11) is 1.62. The number of fused-ring (bicyclic) bond motifs is 3. The zero-order valence-electron chi connectivity index (χ0n) is 8.10. The van der Waals surface area contributed by atoms with Gasteiger partial charge in [-0.15, -0.1) is 0 Å². The highest BCUT2D eigenvalue weighted by atomic mass is 16.5. The second-order valence-electron chi connectivity index (χ2n) is 3.21. The van der Waals surface area contributed by atoms with Crippen LogP contribution in [0.3, 0.4) is 0 Å². The largest absolute Gasteiger partial charge is 0.493 e. The van der Waals surface area contributed by atoms with Crippen LogP contribution in [0.5, 0.6) is 5.75 Å². The van der Waals surface area contributed by atoms with E-state index >= 15 is 0 Å². The van der Waals surface area contributed by atoms with Crippen molar-refractivity contribution in [3.8, 4) is 5.75 Å². The van der Waals surface area contributed by atoms with Crippen LogP contribution in [-0.2, 0) is 0 Å². The minimum absolute atomic E-state index is 0.726. The van der Waals surface area contributed by atoms with Crippen molar-refractivity contribution >= 4 is 21.9 Å². The molecule has 0 unspecified atom stereocenters. The Balaban J connectivity index is 2.53. The number of hydrogen-bond donors (Lipinski definition) is 0. The van der Waals surface area contributed by atoms with Crippen LogP contribution in [0.2, 0.25) is 0 Å². The van der Waals surface area contributed by atoms with Crippen molar-refractivity contribution < 1.29 is 9.15 Å². The van der Waals surface area contributed by atoms with Crippen molar-refractivity contribution in [1.29, 1.82) is 0 Å². The number of para-hydroxylation sites is 1. The Kier molecular flexibility index (Phi) is 1.62. The second-order valence-corrected chi connectivity index (χ2v) is 3.21. The monoisotopic (exact) mass is 200 g/mol. The summed E-state index contributed by atoms with van der Waals surface area (Å²) in [6, 6.07) is 5.77. The molecule has 0 aliphatic rings. The fraction of sp³-hybridized carbons (Fsp3) is 0.0909. The van der Waals surface area contributed by atoms with E-state index in [9.17, 15) is 0 Å². The van der Waals surface area contributed by atoms with Crippen molar-refractivity contribution in [2.75, 3.05) is 7.11 Å². The molecular formula is C11H8N2O2. The first-order chi connectivity index (χ1) is 7.40. The average Bonchev–Trinajstić information content (AvgIpc) is 2.67. The lowest BCUT2D eigenvalue weighted by molar-refractivity contribution is 0.412. The smallest absolute Gasteiger partial charge is 0.177 e. The summed E-state index contributed by atoms with van der Waals surface area (Å²) < 4.78 is 10.9. The summed E-state index contributed by atoms with van der Waals surface area (Å²) in [6.45, 7) is 0. The van der Waals surface area contributed by atoms with Crippen molar-refractivity contribution in [3.05, 3.63) is 30.6 Å². The summed E-state index contributed by atoms with van der Waals surface area (Å²) in [5, 5.41) is 9.58. The van der Waals surface area contributed by atoms with Gasteiger partial charge in [0.05, 0.1) is 24.9 Å². The third kappa shape index (κ3) is 1.08. The molecule has 0 atom stereocenters. The van der Waals surface area contributed by atoms with E-state index in [1.54, 1.807) is 19.5 Å². The molecule has 3 rings (SSSR count). The molecule has 4 heteroatoms. The maximum atomic E-state index is 5.65. The Morgan fingerprint density at radius 1 is 1.13 bits per heavy atom. The summed E-state index contributed by atoms with van der Waals surface area (Å²) in [4.78, 5) is 0. The number of hydrogen-bond acceptors (Lipinski definition) is 4. The van der Waals surface area contributed by atoms with E-state index in [-0.39, 0.29) is 0 Å². The van der Waals surface area contributed by atoms with Crippen LogP contribution in [0.4, 0.5) is 0 Å². The van der Waals surface area contributed by atoms with Gasteiger partial charge in [-0.2, -0.15) is 10.2 Å². The van der Waals surface area contributed by atoms with E-state index < -0.39 is 0 Å². The lowest BCUT2D eigenvalue weighted by atomic mass is 10.2. The number of aromatic nitrogens is 2. The van der Waals surface area contributed by atoms with Gasteiger partial charge in [-0.25, -0.2) is 0 Å². The number of rotatable bonds is 1. The molecule has 0 N–H and O–H groups in total. The van der Waals surface area contributed by atoms with Crippen LogP contribution in [0.25, 0.3) is 21.9 Å². The third-order valence-electron chi connectivity index (χ3n) is 2.39. The highest BCUT2D eigenvalue weighted by molar-refractivity contribution is 6.06. The maximum Gasteiger partial charge on any atom is 0.177 e. The highest BCUT2D eigenvalue weighted by Gasteiger charge is 2.10. The molecule has 0 aliphatic heterocycles. The summed E-state index contributed by atoms with van der Waals surface area (Å²) in [6.07, 6.45) is 3.30.